The van der Waals surface area contributed by atoms with Gasteiger partial charge in [0.2, 0.25) is 0 Å². The standard InChI is InChI=1S/C9H12N4OS/c10-8-2-1-7(12-13-8)9(14)11-6-3-4-15-5-6/h1-2,6H,3-5H2,(H2,10,13)(H,11,14). The summed E-state index contributed by atoms with van der Waals surface area (Å²) < 4.78 is 0. The molecule has 0 aromatic carbocycles. The Bertz CT molecular complexity index is 348. The average molecular weight is 224 g/mol. The molecule has 1 aromatic heterocycles. The van der Waals surface area contributed by atoms with E-state index in [4.69, 9.17) is 5.73 Å². The normalized spacial score (nSPS) is 20.1. The Morgan fingerprint density at radius 3 is 3.00 bits per heavy atom. The highest BCUT2D eigenvalue weighted by Gasteiger charge is 2.18. The molecule has 2 heterocycles. The summed E-state index contributed by atoms with van der Waals surface area (Å²) in [6, 6.07) is 3.42. The van der Waals surface area contributed by atoms with Crippen LogP contribution in [0.3, 0.4) is 0 Å². The molecule has 1 saturated heterocycles. The Morgan fingerprint density at radius 2 is 2.40 bits per heavy atom. The van der Waals surface area contributed by atoms with E-state index in [2.05, 4.69) is 15.5 Å². The fourth-order valence-corrected chi connectivity index (χ4v) is 2.52. The summed E-state index contributed by atoms with van der Waals surface area (Å²) in [5, 5.41) is 10.3. The summed E-state index contributed by atoms with van der Waals surface area (Å²) in [4.78, 5) is 11.6. The van der Waals surface area contributed by atoms with Crippen molar-refractivity contribution in [2.75, 3.05) is 17.2 Å². The summed E-state index contributed by atoms with van der Waals surface area (Å²) >= 11 is 1.85. The molecular formula is C9H12N4OS. The van der Waals surface area contributed by atoms with Crippen LogP contribution in [0.5, 0.6) is 0 Å². The molecular weight excluding hydrogens is 212 g/mol. The summed E-state index contributed by atoms with van der Waals surface area (Å²) in [6.45, 7) is 0. The van der Waals surface area contributed by atoms with Crippen LogP contribution in [0.2, 0.25) is 0 Å². The molecule has 1 amide bonds. The number of thioether (sulfide) groups is 1. The molecule has 1 aromatic rings. The number of rotatable bonds is 2. The van der Waals surface area contributed by atoms with E-state index in [9.17, 15) is 4.79 Å². The molecule has 0 saturated carbocycles. The van der Waals surface area contributed by atoms with E-state index in [1.165, 1.54) is 0 Å². The van der Waals surface area contributed by atoms with Crippen LogP contribution >= 0.6 is 11.8 Å². The van der Waals surface area contributed by atoms with Gasteiger partial charge < -0.3 is 11.1 Å². The fraction of sp³-hybridized carbons (Fsp3) is 0.444. The van der Waals surface area contributed by atoms with Crippen LogP contribution < -0.4 is 11.1 Å². The van der Waals surface area contributed by atoms with Crippen molar-refractivity contribution in [1.82, 2.24) is 15.5 Å². The van der Waals surface area contributed by atoms with Gasteiger partial charge in [0.15, 0.2) is 5.69 Å². The first-order chi connectivity index (χ1) is 7.25. The molecule has 6 heteroatoms. The number of nitrogen functional groups attached to an aromatic ring is 1. The summed E-state index contributed by atoms with van der Waals surface area (Å²) in [6.07, 6.45) is 1.03. The highest BCUT2D eigenvalue weighted by atomic mass is 32.2. The number of hydrogen-bond donors (Lipinski definition) is 2. The number of amides is 1. The van der Waals surface area contributed by atoms with Crippen molar-refractivity contribution >= 4 is 23.5 Å². The summed E-state index contributed by atoms with van der Waals surface area (Å²) in [5.41, 5.74) is 5.70. The number of hydrogen-bond acceptors (Lipinski definition) is 5. The molecule has 1 unspecified atom stereocenters. The van der Waals surface area contributed by atoms with Gasteiger partial charge in [0.1, 0.15) is 5.82 Å². The zero-order valence-corrected chi connectivity index (χ0v) is 8.96. The third kappa shape index (κ3) is 2.59. The van der Waals surface area contributed by atoms with Gasteiger partial charge >= 0.3 is 0 Å². The van der Waals surface area contributed by atoms with Crippen LogP contribution in [-0.4, -0.2) is 33.7 Å². The predicted octanol–water partition coefficient (Wildman–Crippen LogP) is 0.294. The number of aromatic nitrogens is 2. The maximum atomic E-state index is 11.6. The van der Waals surface area contributed by atoms with E-state index < -0.39 is 0 Å². The van der Waals surface area contributed by atoms with E-state index in [0.29, 0.717) is 11.5 Å². The molecule has 0 aliphatic carbocycles. The average Bonchev–Trinajstić information content (AvgIpc) is 2.71. The minimum atomic E-state index is -0.171. The first-order valence-electron chi connectivity index (χ1n) is 4.73. The Labute approximate surface area is 91.8 Å². The SMILES string of the molecule is Nc1ccc(C(=O)NC2CCSC2)nn1. The van der Waals surface area contributed by atoms with Gasteiger partial charge in [0, 0.05) is 11.8 Å². The van der Waals surface area contributed by atoms with E-state index in [0.717, 1.165) is 17.9 Å². The van der Waals surface area contributed by atoms with Crippen molar-refractivity contribution in [2.45, 2.75) is 12.5 Å². The maximum Gasteiger partial charge on any atom is 0.272 e. The molecule has 1 fully saturated rings. The topological polar surface area (TPSA) is 80.9 Å². The Kier molecular flexibility index (Phi) is 3.05. The van der Waals surface area contributed by atoms with Gasteiger partial charge in [-0.05, 0) is 24.3 Å². The first kappa shape index (κ1) is 10.2. The van der Waals surface area contributed by atoms with Crippen molar-refractivity contribution < 1.29 is 4.79 Å². The molecule has 1 aliphatic heterocycles. The summed E-state index contributed by atoms with van der Waals surface area (Å²) in [5.74, 6) is 2.24. The molecule has 0 radical (unpaired) electrons. The second-order valence-corrected chi connectivity index (χ2v) is 4.53. The van der Waals surface area contributed by atoms with Crippen molar-refractivity contribution in [3.8, 4) is 0 Å². The lowest BCUT2D eigenvalue weighted by atomic mass is 10.2. The van der Waals surface area contributed by atoms with Gasteiger partial charge in [0.05, 0.1) is 0 Å². The van der Waals surface area contributed by atoms with Crippen LogP contribution in [0.4, 0.5) is 5.82 Å². The lowest BCUT2D eigenvalue weighted by Gasteiger charge is -2.09. The number of carbonyl (C=O) groups excluding carboxylic acids is 1. The monoisotopic (exact) mass is 224 g/mol. The molecule has 0 spiro atoms. The van der Waals surface area contributed by atoms with E-state index in [1.807, 2.05) is 11.8 Å². The molecule has 80 valence electrons. The lowest BCUT2D eigenvalue weighted by Crippen LogP contribution is -2.35. The zero-order valence-electron chi connectivity index (χ0n) is 8.14. The minimum absolute atomic E-state index is 0.171. The number of nitrogens with two attached hydrogens (primary N) is 1. The Morgan fingerprint density at radius 1 is 1.53 bits per heavy atom. The van der Waals surface area contributed by atoms with E-state index in [1.54, 1.807) is 12.1 Å². The fourth-order valence-electron chi connectivity index (χ4n) is 1.37. The number of nitrogens with zero attached hydrogens (tertiary/aromatic N) is 2. The lowest BCUT2D eigenvalue weighted by molar-refractivity contribution is 0.0935. The van der Waals surface area contributed by atoms with Gasteiger partial charge in [-0.25, -0.2) is 0 Å². The summed E-state index contributed by atoms with van der Waals surface area (Å²) in [7, 11) is 0. The van der Waals surface area contributed by atoms with Crippen molar-refractivity contribution in [2.24, 2.45) is 0 Å². The smallest absolute Gasteiger partial charge is 0.272 e. The van der Waals surface area contributed by atoms with Gasteiger partial charge in [-0.2, -0.15) is 11.8 Å². The highest BCUT2D eigenvalue weighted by Crippen LogP contribution is 2.17. The Balaban J connectivity index is 1.98. The van der Waals surface area contributed by atoms with Crippen molar-refractivity contribution in [1.29, 1.82) is 0 Å². The van der Waals surface area contributed by atoms with Crippen LogP contribution in [0.1, 0.15) is 16.9 Å². The van der Waals surface area contributed by atoms with Crippen LogP contribution in [0.15, 0.2) is 12.1 Å². The molecule has 2 rings (SSSR count). The molecule has 3 N–H and O–H groups in total. The number of nitrogens with one attached hydrogen (secondary N) is 1. The van der Waals surface area contributed by atoms with Crippen LogP contribution in [0.25, 0.3) is 0 Å². The quantitative estimate of drug-likeness (QED) is 0.755. The van der Waals surface area contributed by atoms with Crippen LogP contribution in [-0.2, 0) is 0 Å². The molecule has 15 heavy (non-hydrogen) atoms. The van der Waals surface area contributed by atoms with Gasteiger partial charge in [0.25, 0.3) is 5.91 Å². The Hall–Kier alpha value is -1.30. The van der Waals surface area contributed by atoms with Crippen molar-refractivity contribution in [3.05, 3.63) is 17.8 Å². The second-order valence-electron chi connectivity index (χ2n) is 3.38. The third-order valence-corrected chi connectivity index (χ3v) is 3.35. The van der Waals surface area contributed by atoms with Gasteiger partial charge in [-0.3, -0.25) is 4.79 Å². The zero-order chi connectivity index (χ0) is 10.7. The van der Waals surface area contributed by atoms with Crippen molar-refractivity contribution in [3.63, 3.8) is 0 Å². The first-order valence-corrected chi connectivity index (χ1v) is 5.89. The second kappa shape index (κ2) is 4.48. The van der Waals surface area contributed by atoms with Gasteiger partial charge in [-0.1, -0.05) is 0 Å². The highest BCUT2D eigenvalue weighted by molar-refractivity contribution is 7.99. The molecule has 0 bridgehead atoms. The van der Waals surface area contributed by atoms with Crippen LogP contribution in [0, 0.1) is 0 Å². The van der Waals surface area contributed by atoms with E-state index in [-0.39, 0.29) is 11.9 Å². The maximum absolute atomic E-state index is 11.6. The third-order valence-electron chi connectivity index (χ3n) is 2.18. The number of carbonyl (C=O) groups is 1. The van der Waals surface area contributed by atoms with E-state index >= 15 is 0 Å². The number of anilines is 1. The molecule has 1 atom stereocenters. The van der Waals surface area contributed by atoms with Gasteiger partial charge in [-0.15, -0.1) is 10.2 Å². The molecule has 1 aliphatic rings. The predicted molar refractivity (Wildman–Crippen MR) is 59.6 cm³/mol. The molecule has 5 nitrogen and oxygen atoms in total. The minimum Gasteiger partial charge on any atom is -0.382 e. The largest absolute Gasteiger partial charge is 0.382 e.